The number of carboxylic acid groups (broad SMARTS) is 1. The lowest BCUT2D eigenvalue weighted by molar-refractivity contribution is -0.877. The summed E-state index contributed by atoms with van der Waals surface area (Å²) in [4.78, 5) is 10.8. The Morgan fingerprint density at radius 1 is 1.40 bits per heavy atom. The fourth-order valence-electron chi connectivity index (χ4n) is 1.85. The van der Waals surface area contributed by atoms with Crippen molar-refractivity contribution in [3.63, 3.8) is 0 Å². The zero-order chi connectivity index (χ0) is 12.3. The van der Waals surface area contributed by atoms with Gasteiger partial charge in [0, 0.05) is 0 Å². The molecule has 15 heavy (non-hydrogen) atoms. The number of aliphatic hydroxyl groups is 1. The quantitative estimate of drug-likeness (QED) is 0.652. The Hall–Kier alpha value is -0.610. The van der Waals surface area contributed by atoms with E-state index in [0.29, 0.717) is 11.0 Å². The minimum Gasteiger partial charge on any atom is -0.481 e. The summed E-state index contributed by atoms with van der Waals surface area (Å²) in [6, 6.07) is 0. The molecule has 0 aromatic heterocycles. The van der Waals surface area contributed by atoms with Gasteiger partial charge in [-0.05, 0) is 5.92 Å². The Labute approximate surface area is 92.1 Å². The van der Waals surface area contributed by atoms with E-state index in [2.05, 4.69) is 0 Å². The van der Waals surface area contributed by atoms with Gasteiger partial charge in [0.05, 0.1) is 27.6 Å². The average Bonchev–Trinajstić information content (AvgIpc) is 1.97. The van der Waals surface area contributed by atoms with E-state index in [4.69, 9.17) is 5.11 Å². The predicted molar refractivity (Wildman–Crippen MR) is 59.6 cm³/mol. The summed E-state index contributed by atoms with van der Waals surface area (Å²) >= 11 is 0. The second kappa shape index (κ2) is 4.94. The van der Waals surface area contributed by atoms with Gasteiger partial charge in [-0.15, -0.1) is 0 Å². The molecule has 4 heteroatoms. The molecule has 2 atom stereocenters. The lowest BCUT2D eigenvalue weighted by Gasteiger charge is -2.38. The van der Waals surface area contributed by atoms with E-state index in [1.807, 2.05) is 35.0 Å². The van der Waals surface area contributed by atoms with Gasteiger partial charge in [0.1, 0.15) is 12.1 Å². The third-order valence-corrected chi connectivity index (χ3v) is 2.74. The van der Waals surface area contributed by atoms with Gasteiger partial charge in [0.25, 0.3) is 0 Å². The molecule has 0 aliphatic carbocycles. The standard InChI is InChI=1S/C11H23NO3/c1-6-9(2)11(15,7-10(13)14)8-12(3,4)5/h9,15H,6-8H2,1-5H3/p+1. The average molecular weight is 218 g/mol. The van der Waals surface area contributed by atoms with Gasteiger partial charge in [-0.2, -0.15) is 0 Å². The van der Waals surface area contributed by atoms with Crippen molar-refractivity contribution in [1.29, 1.82) is 0 Å². The monoisotopic (exact) mass is 218 g/mol. The van der Waals surface area contributed by atoms with Crippen molar-refractivity contribution >= 4 is 5.97 Å². The van der Waals surface area contributed by atoms with Crippen molar-refractivity contribution in [1.82, 2.24) is 0 Å². The van der Waals surface area contributed by atoms with E-state index in [9.17, 15) is 9.90 Å². The predicted octanol–water partition coefficient (Wildman–Crippen LogP) is 0.944. The van der Waals surface area contributed by atoms with Crippen molar-refractivity contribution in [2.24, 2.45) is 5.92 Å². The summed E-state index contributed by atoms with van der Waals surface area (Å²) in [5.74, 6) is -0.947. The Bertz CT molecular complexity index is 222. The molecule has 90 valence electrons. The van der Waals surface area contributed by atoms with E-state index in [-0.39, 0.29) is 12.3 Å². The van der Waals surface area contributed by atoms with Gasteiger partial charge in [-0.1, -0.05) is 20.3 Å². The molecule has 0 bridgehead atoms. The summed E-state index contributed by atoms with van der Waals surface area (Å²) in [5.41, 5.74) is -1.11. The van der Waals surface area contributed by atoms with Crippen LogP contribution in [0.3, 0.4) is 0 Å². The normalized spacial score (nSPS) is 18.3. The van der Waals surface area contributed by atoms with E-state index in [0.717, 1.165) is 6.42 Å². The highest BCUT2D eigenvalue weighted by atomic mass is 16.4. The van der Waals surface area contributed by atoms with Crippen LogP contribution in [-0.2, 0) is 4.79 Å². The van der Waals surface area contributed by atoms with Crippen LogP contribution in [0.25, 0.3) is 0 Å². The molecule has 0 fully saturated rings. The zero-order valence-electron chi connectivity index (χ0n) is 10.4. The van der Waals surface area contributed by atoms with Crippen LogP contribution >= 0.6 is 0 Å². The number of aliphatic carboxylic acids is 1. The highest BCUT2D eigenvalue weighted by Crippen LogP contribution is 2.26. The van der Waals surface area contributed by atoms with Gasteiger partial charge < -0.3 is 14.7 Å². The number of likely N-dealkylation sites (N-methyl/N-ethyl adjacent to an activating group) is 1. The van der Waals surface area contributed by atoms with Crippen molar-refractivity contribution < 1.29 is 19.5 Å². The largest absolute Gasteiger partial charge is 0.481 e. The van der Waals surface area contributed by atoms with Crippen LogP contribution in [-0.4, -0.2) is 54.0 Å². The minimum absolute atomic E-state index is 0.00838. The Morgan fingerprint density at radius 3 is 2.13 bits per heavy atom. The molecule has 0 radical (unpaired) electrons. The molecule has 0 spiro atoms. The van der Waals surface area contributed by atoms with E-state index in [1.165, 1.54) is 0 Å². The van der Waals surface area contributed by atoms with Gasteiger partial charge in [-0.25, -0.2) is 0 Å². The summed E-state index contributed by atoms with van der Waals surface area (Å²) in [6.45, 7) is 4.32. The Morgan fingerprint density at radius 2 is 1.87 bits per heavy atom. The van der Waals surface area contributed by atoms with E-state index < -0.39 is 11.6 Å². The van der Waals surface area contributed by atoms with Gasteiger partial charge in [0.15, 0.2) is 0 Å². The molecule has 0 aliphatic rings. The fourth-order valence-corrected chi connectivity index (χ4v) is 1.85. The van der Waals surface area contributed by atoms with Gasteiger partial charge in [-0.3, -0.25) is 4.79 Å². The first-order chi connectivity index (χ1) is 6.60. The molecule has 0 amide bonds. The van der Waals surface area contributed by atoms with Gasteiger partial charge >= 0.3 is 5.97 Å². The van der Waals surface area contributed by atoms with Crippen molar-refractivity contribution in [3.05, 3.63) is 0 Å². The van der Waals surface area contributed by atoms with E-state index >= 15 is 0 Å². The number of rotatable bonds is 6. The Kier molecular flexibility index (Phi) is 4.74. The third-order valence-electron chi connectivity index (χ3n) is 2.74. The maximum atomic E-state index is 10.8. The third kappa shape index (κ3) is 5.14. The van der Waals surface area contributed by atoms with Gasteiger partial charge in [0.2, 0.25) is 0 Å². The molecule has 0 aliphatic heterocycles. The minimum atomic E-state index is -1.11. The summed E-state index contributed by atoms with van der Waals surface area (Å²) < 4.78 is 0.564. The summed E-state index contributed by atoms with van der Waals surface area (Å²) in [5, 5.41) is 19.2. The molecule has 0 saturated carbocycles. The van der Waals surface area contributed by atoms with Crippen molar-refractivity contribution in [2.75, 3.05) is 27.7 Å². The molecule has 2 unspecified atom stereocenters. The smallest absolute Gasteiger partial charge is 0.306 e. The molecule has 0 rings (SSSR count). The number of nitrogens with zero attached hydrogens (tertiary/aromatic N) is 1. The number of carboxylic acids is 1. The number of hydrogen-bond acceptors (Lipinski definition) is 2. The molecular formula is C11H24NO3+. The van der Waals surface area contributed by atoms with Crippen LogP contribution in [0.2, 0.25) is 0 Å². The molecular weight excluding hydrogens is 194 g/mol. The van der Waals surface area contributed by atoms with Crippen LogP contribution < -0.4 is 0 Å². The topological polar surface area (TPSA) is 57.5 Å². The second-order valence-corrected chi connectivity index (χ2v) is 5.43. The maximum Gasteiger partial charge on any atom is 0.306 e. The van der Waals surface area contributed by atoms with Crippen LogP contribution in [0.5, 0.6) is 0 Å². The number of carbonyl (C=O) groups is 1. The summed E-state index contributed by atoms with van der Waals surface area (Å²) in [6.07, 6.45) is 0.599. The van der Waals surface area contributed by atoms with Crippen LogP contribution in [0.4, 0.5) is 0 Å². The fraction of sp³-hybridized carbons (Fsp3) is 0.909. The molecule has 0 heterocycles. The Balaban J connectivity index is 4.77. The van der Waals surface area contributed by atoms with Crippen LogP contribution in [0.1, 0.15) is 26.7 Å². The zero-order valence-corrected chi connectivity index (χ0v) is 10.4. The lowest BCUT2D eigenvalue weighted by Crippen LogP contribution is -2.53. The first-order valence-electron chi connectivity index (χ1n) is 5.35. The number of hydrogen-bond donors (Lipinski definition) is 2. The van der Waals surface area contributed by atoms with Crippen LogP contribution in [0.15, 0.2) is 0 Å². The second-order valence-electron chi connectivity index (χ2n) is 5.43. The molecule has 4 nitrogen and oxygen atoms in total. The first-order valence-corrected chi connectivity index (χ1v) is 5.35. The molecule has 0 saturated heterocycles. The number of quaternary nitrogens is 1. The lowest BCUT2D eigenvalue weighted by atomic mass is 9.83. The molecule has 0 aromatic carbocycles. The van der Waals surface area contributed by atoms with E-state index in [1.54, 1.807) is 0 Å². The molecule has 2 N–H and O–H groups in total. The summed E-state index contributed by atoms with van der Waals surface area (Å²) in [7, 11) is 5.86. The van der Waals surface area contributed by atoms with Crippen molar-refractivity contribution in [2.45, 2.75) is 32.3 Å². The maximum absolute atomic E-state index is 10.8. The SMILES string of the molecule is CCC(C)C(O)(CC(=O)O)C[N+](C)(C)C. The highest BCUT2D eigenvalue weighted by molar-refractivity contribution is 5.68. The van der Waals surface area contributed by atoms with Crippen LogP contribution in [0, 0.1) is 5.92 Å². The van der Waals surface area contributed by atoms with Crippen molar-refractivity contribution in [3.8, 4) is 0 Å². The first kappa shape index (κ1) is 14.4. The highest BCUT2D eigenvalue weighted by Gasteiger charge is 2.40. The molecule has 0 aromatic rings.